The van der Waals surface area contributed by atoms with E-state index < -0.39 is 0 Å². The van der Waals surface area contributed by atoms with E-state index >= 15 is 0 Å². The second-order valence-electron chi connectivity index (χ2n) is 1.71. The monoisotopic (exact) mass is 154 g/mol. The molecule has 0 saturated carbocycles. The number of phenols is 3. The Morgan fingerprint density at radius 1 is 0.727 bits per heavy atom. The highest BCUT2D eigenvalue weighted by molar-refractivity contribution is 5.39. The molecule has 0 aliphatic heterocycles. The zero-order chi connectivity index (χ0) is 8.85. The summed E-state index contributed by atoms with van der Waals surface area (Å²) in [5.41, 5.74) is 0. The molecule has 3 N–H and O–H groups in total. The molecule has 0 fully saturated rings. The molecule has 1 aromatic carbocycles. The summed E-state index contributed by atoms with van der Waals surface area (Å²) >= 11 is 0. The summed E-state index contributed by atoms with van der Waals surface area (Å²) in [5, 5.41) is 26.0. The molecule has 0 atom stereocenters. The second-order valence-corrected chi connectivity index (χ2v) is 1.71. The van der Waals surface area contributed by atoms with Gasteiger partial charge in [0.2, 0.25) is 0 Å². The molecule has 1 aromatic rings. The highest BCUT2D eigenvalue weighted by Gasteiger charge is 1.94. The summed E-state index contributed by atoms with van der Waals surface area (Å²) in [5.74, 6) is -0.437. The quantitative estimate of drug-likeness (QED) is 0.497. The number of benzene rings is 1. The van der Waals surface area contributed by atoms with Crippen LogP contribution in [-0.2, 0) is 0 Å². The molecule has 0 spiro atoms. The van der Waals surface area contributed by atoms with Crippen molar-refractivity contribution >= 4 is 0 Å². The molecule has 0 aliphatic rings. The van der Waals surface area contributed by atoms with Crippen molar-refractivity contribution in [3.05, 3.63) is 31.4 Å². The van der Waals surface area contributed by atoms with E-state index in [1.807, 2.05) is 0 Å². The van der Waals surface area contributed by atoms with Crippen molar-refractivity contribution in [1.82, 2.24) is 0 Å². The van der Waals surface area contributed by atoms with Crippen molar-refractivity contribution < 1.29 is 15.3 Å². The van der Waals surface area contributed by atoms with Crippen molar-refractivity contribution in [2.24, 2.45) is 0 Å². The van der Waals surface area contributed by atoms with Crippen LogP contribution in [0.1, 0.15) is 0 Å². The highest BCUT2D eigenvalue weighted by atomic mass is 16.3. The van der Waals surface area contributed by atoms with E-state index in [2.05, 4.69) is 13.2 Å². The molecule has 60 valence electrons. The van der Waals surface area contributed by atoms with Gasteiger partial charge in [-0.05, 0) is 0 Å². The van der Waals surface area contributed by atoms with Crippen molar-refractivity contribution in [2.45, 2.75) is 0 Å². The van der Waals surface area contributed by atoms with Gasteiger partial charge in [0.15, 0.2) is 0 Å². The molecule has 0 amide bonds. The maximum Gasteiger partial charge on any atom is 0.122 e. The summed E-state index contributed by atoms with van der Waals surface area (Å²) < 4.78 is 0. The largest absolute Gasteiger partial charge is 0.508 e. The standard InChI is InChI=1S/C6H6O3.C2H4/c7-4-1-5(8)3-6(9)2-4;1-2/h1-3,7-9H;1-2H2. The van der Waals surface area contributed by atoms with Crippen molar-refractivity contribution in [3.8, 4) is 17.2 Å². The maximum atomic E-state index is 8.67. The Kier molecular flexibility index (Phi) is 3.59. The SMILES string of the molecule is C=C.Oc1cc(O)cc(O)c1. The van der Waals surface area contributed by atoms with Gasteiger partial charge in [-0.2, -0.15) is 0 Å². The molecular formula is C8H10O3. The Morgan fingerprint density at radius 2 is 0.909 bits per heavy atom. The van der Waals surface area contributed by atoms with Gasteiger partial charge in [0.1, 0.15) is 17.2 Å². The second kappa shape index (κ2) is 4.22. The van der Waals surface area contributed by atoms with Crippen molar-refractivity contribution in [2.75, 3.05) is 0 Å². The number of aromatic hydroxyl groups is 3. The van der Waals surface area contributed by atoms with Crippen LogP contribution >= 0.6 is 0 Å². The smallest absolute Gasteiger partial charge is 0.122 e. The van der Waals surface area contributed by atoms with Crippen LogP contribution in [0, 0.1) is 0 Å². The summed E-state index contributed by atoms with van der Waals surface area (Å²) in [4.78, 5) is 0. The molecule has 0 aliphatic carbocycles. The Hall–Kier alpha value is -1.64. The van der Waals surface area contributed by atoms with Gasteiger partial charge >= 0.3 is 0 Å². The minimum atomic E-state index is -0.146. The van der Waals surface area contributed by atoms with Gasteiger partial charge in [-0.3, -0.25) is 0 Å². The lowest BCUT2D eigenvalue weighted by molar-refractivity contribution is 0.428. The van der Waals surface area contributed by atoms with E-state index in [1.54, 1.807) is 0 Å². The lowest BCUT2D eigenvalue weighted by Crippen LogP contribution is -1.66. The lowest BCUT2D eigenvalue weighted by atomic mass is 10.3. The average molecular weight is 154 g/mol. The molecule has 3 nitrogen and oxygen atoms in total. The van der Waals surface area contributed by atoms with Gasteiger partial charge in [0.05, 0.1) is 0 Å². The van der Waals surface area contributed by atoms with Gasteiger partial charge in [-0.1, -0.05) is 0 Å². The van der Waals surface area contributed by atoms with Crippen LogP contribution in [0.4, 0.5) is 0 Å². The summed E-state index contributed by atoms with van der Waals surface area (Å²) in [6.45, 7) is 6.00. The maximum absolute atomic E-state index is 8.67. The van der Waals surface area contributed by atoms with E-state index in [0.29, 0.717) is 0 Å². The number of phenolic OH excluding ortho intramolecular Hbond substituents is 3. The van der Waals surface area contributed by atoms with E-state index in [1.165, 1.54) is 0 Å². The minimum absolute atomic E-state index is 0.146. The van der Waals surface area contributed by atoms with Crippen LogP contribution in [0.5, 0.6) is 17.2 Å². The predicted octanol–water partition coefficient (Wildman–Crippen LogP) is 1.61. The highest BCUT2D eigenvalue weighted by Crippen LogP contribution is 2.23. The molecule has 0 saturated heterocycles. The molecule has 0 heterocycles. The van der Waals surface area contributed by atoms with Crippen LogP contribution in [-0.4, -0.2) is 15.3 Å². The first-order valence-corrected chi connectivity index (χ1v) is 2.90. The van der Waals surface area contributed by atoms with Crippen LogP contribution in [0.15, 0.2) is 31.4 Å². The third-order valence-electron chi connectivity index (χ3n) is 0.887. The number of rotatable bonds is 0. The fraction of sp³-hybridized carbons (Fsp3) is 0. The van der Waals surface area contributed by atoms with Crippen LogP contribution < -0.4 is 0 Å². The van der Waals surface area contributed by atoms with Crippen LogP contribution in [0.2, 0.25) is 0 Å². The third kappa shape index (κ3) is 3.15. The molecule has 0 unspecified atom stereocenters. The minimum Gasteiger partial charge on any atom is -0.508 e. The molecule has 11 heavy (non-hydrogen) atoms. The first kappa shape index (κ1) is 9.36. The molecule has 3 heteroatoms. The molecule has 0 bridgehead atoms. The van der Waals surface area contributed by atoms with Gasteiger partial charge in [-0.15, -0.1) is 13.2 Å². The van der Waals surface area contributed by atoms with E-state index in [9.17, 15) is 0 Å². The van der Waals surface area contributed by atoms with Crippen LogP contribution in [0.3, 0.4) is 0 Å². The van der Waals surface area contributed by atoms with Gasteiger partial charge in [0.25, 0.3) is 0 Å². The number of hydrogen-bond acceptors (Lipinski definition) is 3. The summed E-state index contributed by atoms with van der Waals surface area (Å²) in [6.07, 6.45) is 0. The molecule has 1 rings (SSSR count). The summed E-state index contributed by atoms with van der Waals surface area (Å²) in [6, 6.07) is 3.42. The number of hydrogen-bond donors (Lipinski definition) is 3. The predicted molar refractivity (Wildman–Crippen MR) is 42.7 cm³/mol. The summed E-state index contributed by atoms with van der Waals surface area (Å²) in [7, 11) is 0. The topological polar surface area (TPSA) is 60.7 Å². The van der Waals surface area contributed by atoms with E-state index in [0.717, 1.165) is 18.2 Å². The zero-order valence-corrected chi connectivity index (χ0v) is 5.99. The van der Waals surface area contributed by atoms with Gasteiger partial charge < -0.3 is 15.3 Å². The fourth-order valence-corrected chi connectivity index (χ4v) is 0.580. The lowest BCUT2D eigenvalue weighted by Gasteiger charge is -1.94. The van der Waals surface area contributed by atoms with E-state index in [-0.39, 0.29) is 17.2 Å². The first-order valence-electron chi connectivity index (χ1n) is 2.90. The van der Waals surface area contributed by atoms with Crippen LogP contribution in [0.25, 0.3) is 0 Å². The molecular weight excluding hydrogens is 144 g/mol. The van der Waals surface area contributed by atoms with Gasteiger partial charge in [0, 0.05) is 18.2 Å². The van der Waals surface area contributed by atoms with Crippen molar-refractivity contribution in [3.63, 3.8) is 0 Å². The van der Waals surface area contributed by atoms with E-state index in [4.69, 9.17) is 15.3 Å². The Bertz CT molecular complexity index is 182. The molecule has 0 aromatic heterocycles. The normalized spacial score (nSPS) is 8.00. The Labute approximate surface area is 64.9 Å². The fourth-order valence-electron chi connectivity index (χ4n) is 0.580. The Balaban J connectivity index is 0.000000461. The average Bonchev–Trinajstić information content (AvgIpc) is 1.88. The van der Waals surface area contributed by atoms with Crippen molar-refractivity contribution in [1.29, 1.82) is 0 Å². The zero-order valence-electron chi connectivity index (χ0n) is 5.99. The third-order valence-corrected chi connectivity index (χ3v) is 0.887. The Morgan fingerprint density at radius 3 is 1.09 bits per heavy atom. The first-order chi connectivity index (χ1) is 5.18. The molecule has 0 radical (unpaired) electrons. The van der Waals surface area contributed by atoms with Gasteiger partial charge in [-0.25, -0.2) is 0 Å².